The first-order valence-corrected chi connectivity index (χ1v) is 7.03. The highest BCUT2D eigenvalue weighted by molar-refractivity contribution is 5.42. The molecule has 20 heavy (non-hydrogen) atoms. The predicted octanol–water partition coefficient (Wildman–Crippen LogP) is 3.04. The minimum absolute atomic E-state index is 0.807. The lowest BCUT2D eigenvalue weighted by Crippen LogP contribution is -2.19. The molecule has 2 aromatic heterocycles. The van der Waals surface area contributed by atoms with Gasteiger partial charge in [-0.15, -0.1) is 0 Å². The van der Waals surface area contributed by atoms with Gasteiger partial charge >= 0.3 is 0 Å². The number of rotatable bonds is 6. The van der Waals surface area contributed by atoms with Crippen LogP contribution in [0, 0.1) is 13.8 Å². The second-order valence-electron chi connectivity index (χ2n) is 5.05. The van der Waals surface area contributed by atoms with Crippen molar-refractivity contribution in [1.29, 1.82) is 0 Å². The molecular formula is C16H23N3O. The van der Waals surface area contributed by atoms with Gasteiger partial charge in [-0.2, -0.15) is 0 Å². The molecule has 0 fully saturated rings. The van der Waals surface area contributed by atoms with Crippen LogP contribution in [0.3, 0.4) is 0 Å². The second kappa shape index (κ2) is 6.57. The molecule has 0 radical (unpaired) electrons. The van der Waals surface area contributed by atoms with E-state index in [0.29, 0.717) is 0 Å². The Morgan fingerprint density at radius 2 is 2.00 bits per heavy atom. The summed E-state index contributed by atoms with van der Waals surface area (Å²) in [7, 11) is 2.05. The largest absolute Gasteiger partial charge is 0.469 e. The average Bonchev–Trinajstić information content (AvgIpc) is 2.83. The van der Waals surface area contributed by atoms with Crippen LogP contribution in [0.1, 0.15) is 29.5 Å². The molecule has 4 nitrogen and oxygen atoms in total. The van der Waals surface area contributed by atoms with Crippen LogP contribution in [0.15, 0.2) is 28.9 Å². The van der Waals surface area contributed by atoms with E-state index in [4.69, 9.17) is 9.40 Å². The lowest BCUT2D eigenvalue weighted by Gasteiger charge is -2.19. The van der Waals surface area contributed by atoms with E-state index in [1.807, 2.05) is 13.0 Å². The van der Waals surface area contributed by atoms with E-state index in [1.54, 1.807) is 6.26 Å². The summed E-state index contributed by atoms with van der Waals surface area (Å²) in [6.07, 6.45) is 1.73. The van der Waals surface area contributed by atoms with Crippen molar-refractivity contribution in [2.45, 2.75) is 33.9 Å². The highest BCUT2D eigenvalue weighted by atomic mass is 16.3. The molecule has 2 heterocycles. The Labute approximate surface area is 120 Å². The van der Waals surface area contributed by atoms with E-state index in [9.17, 15) is 0 Å². The van der Waals surface area contributed by atoms with Crippen molar-refractivity contribution < 1.29 is 4.42 Å². The molecule has 2 aromatic rings. The number of furan rings is 1. The van der Waals surface area contributed by atoms with Gasteiger partial charge in [-0.25, -0.2) is 4.98 Å². The molecule has 0 saturated heterocycles. The summed E-state index contributed by atoms with van der Waals surface area (Å²) in [5, 5.41) is 3.33. The molecule has 0 aliphatic rings. The van der Waals surface area contributed by atoms with Gasteiger partial charge in [0.25, 0.3) is 0 Å². The third-order valence-corrected chi connectivity index (χ3v) is 3.51. The van der Waals surface area contributed by atoms with Crippen LogP contribution >= 0.6 is 0 Å². The summed E-state index contributed by atoms with van der Waals surface area (Å²) in [5.41, 5.74) is 3.53. The van der Waals surface area contributed by atoms with Gasteiger partial charge in [0.15, 0.2) is 0 Å². The van der Waals surface area contributed by atoms with Gasteiger partial charge in [0.05, 0.1) is 6.26 Å². The molecule has 108 valence electrons. The Morgan fingerprint density at radius 1 is 1.20 bits per heavy atom. The van der Waals surface area contributed by atoms with Gasteiger partial charge in [0.1, 0.15) is 11.6 Å². The zero-order chi connectivity index (χ0) is 14.5. The number of nitrogens with zero attached hydrogens (tertiary/aromatic N) is 2. The average molecular weight is 273 g/mol. The standard InChI is InChI=1S/C16H23N3O/c1-5-17-10-14-6-7-16(18-12(14)2)19(4)11-15-8-9-20-13(15)3/h6-9,17H,5,10-11H2,1-4H3. The fraction of sp³-hybridized carbons (Fsp3) is 0.438. The zero-order valence-corrected chi connectivity index (χ0v) is 12.7. The number of hydrogen-bond donors (Lipinski definition) is 1. The lowest BCUT2D eigenvalue weighted by atomic mass is 10.2. The fourth-order valence-electron chi connectivity index (χ4n) is 2.15. The number of aromatic nitrogens is 1. The van der Waals surface area contributed by atoms with Gasteiger partial charge in [-0.05, 0) is 38.1 Å². The summed E-state index contributed by atoms with van der Waals surface area (Å²) in [6.45, 7) is 8.81. The van der Waals surface area contributed by atoms with Crippen LogP contribution in [0.25, 0.3) is 0 Å². The molecule has 1 N–H and O–H groups in total. The monoisotopic (exact) mass is 273 g/mol. The Morgan fingerprint density at radius 3 is 2.60 bits per heavy atom. The predicted molar refractivity (Wildman–Crippen MR) is 81.9 cm³/mol. The quantitative estimate of drug-likeness (QED) is 0.878. The molecule has 0 spiro atoms. The summed E-state index contributed by atoms with van der Waals surface area (Å²) in [5.74, 6) is 1.96. The zero-order valence-electron chi connectivity index (χ0n) is 12.7. The van der Waals surface area contributed by atoms with E-state index < -0.39 is 0 Å². The first kappa shape index (κ1) is 14.6. The van der Waals surface area contributed by atoms with Crippen molar-refractivity contribution in [3.8, 4) is 0 Å². The number of aryl methyl sites for hydroxylation is 2. The van der Waals surface area contributed by atoms with Gasteiger partial charge in [0, 0.05) is 31.4 Å². The van der Waals surface area contributed by atoms with E-state index in [2.05, 4.69) is 43.2 Å². The minimum Gasteiger partial charge on any atom is -0.469 e. The molecular weight excluding hydrogens is 250 g/mol. The summed E-state index contributed by atoms with van der Waals surface area (Å²) in [4.78, 5) is 6.83. The van der Waals surface area contributed by atoms with Crippen molar-refractivity contribution >= 4 is 5.82 Å². The normalized spacial score (nSPS) is 10.8. The second-order valence-corrected chi connectivity index (χ2v) is 5.05. The van der Waals surface area contributed by atoms with Crippen molar-refractivity contribution in [1.82, 2.24) is 10.3 Å². The van der Waals surface area contributed by atoms with Crippen LogP contribution in [0.2, 0.25) is 0 Å². The summed E-state index contributed by atoms with van der Waals surface area (Å²) in [6, 6.07) is 6.24. The maximum atomic E-state index is 5.33. The highest BCUT2D eigenvalue weighted by Gasteiger charge is 2.09. The van der Waals surface area contributed by atoms with E-state index in [1.165, 1.54) is 11.1 Å². The van der Waals surface area contributed by atoms with Gasteiger partial charge < -0.3 is 14.6 Å². The van der Waals surface area contributed by atoms with Crippen LogP contribution < -0.4 is 10.2 Å². The smallest absolute Gasteiger partial charge is 0.128 e. The molecule has 0 atom stereocenters. The summed E-state index contributed by atoms with van der Waals surface area (Å²) < 4.78 is 5.33. The van der Waals surface area contributed by atoms with Gasteiger partial charge in [-0.1, -0.05) is 13.0 Å². The molecule has 0 aromatic carbocycles. The molecule has 0 bridgehead atoms. The topological polar surface area (TPSA) is 41.3 Å². The maximum absolute atomic E-state index is 5.33. The van der Waals surface area contributed by atoms with Gasteiger partial charge in [-0.3, -0.25) is 0 Å². The lowest BCUT2D eigenvalue weighted by molar-refractivity contribution is 0.529. The van der Waals surface area contributed by atoms with Crippen LogP contribution in [0.5, 0.6) is 0 Å². The number of nitrogens with one attached hydrogen (secondary N) is 1. The first-order valence-electron chi connectivity index (χ1n) is 7.03. The Bertz CT molecular complexity index is 563. The third-order valence-electron chi connectivity index (χ3n) is 3.51. The van der Waals surface area contributed by atoms with Crippen LogP contribution in [-0.2, 0) is 13.1 Å². The first-order chi connectivity index (χ1) is 9.61. The summed E-state index contributed by atoms with van der Waals surface area (Å²) >= 11 is 0. The third kappa shape index (κ3) is 3.39. The number of hydrogen-bond acceptors (Lipinski definition) is 4. The SMILES string of the molecule is CCNCc1ccc(N(C)Cc2ccoc2C)nc1C. The van der Waals surface area contributed by atoms with Crippen molar-refractivity contribution in [2.24, 2.45) is 0 Å². The Kier molecular flexibility index (Phi) is 4.79. The number of anilines is 1. The number of pyridine rings is 1. The highest BCUT2D eigenvalue weighted by Crippen LogP contribution is 2.18. The van der Waals surface area contributed by atoms with E-state index >= 15 is 0 Å². The van der Waals surface area contributed by atoms with Crippen molar-refractivity contribution in [2.75, 3.05) is 18.5 Å². The molecule has 0 amide bonds. The molecule has 0 aliphatic carbocycles. The molecule has 0 saturated carbocycles. The van der Waals surface area contributed by atoms with E-state index in [-0.39, 0.29) is 0 Å². The van der Waals surface area contributed by atoms with E-state index in [0.717, 1.165) is 36.9 Å². The van der Waals surface area contributed by atoms with Crippen molar-refractivity contribution in [3.63, 3.8) is 0 Å². The molecule has 4 heteroatoms. The molecule has 2 rings (SSSR count). The van der Waals surface area contributed by atoms with Crippen molar-refractivity contribution in [3.05, 3.63) is 47.0 Å². The van der Waals surface area contributed by atoms with Crippen LogP contribution in [0.4, 0.5) is 5.82 Å². The maximum Gasteiger partial charge on any atom is 0.128 e. The Balaban J connectivity index is 2.08. The Hall–Kier alpha value is -1.81. The molecule has 0 unspecified atom stereocenters. The van der Waals surface area contributed by atoms with Crippen LogP contribution in [-0.4, -0.2) is 18.6 Å². The van der Waals surface area contributed by atoms with Gasteiger partial charge in [0.2, 0.25) is 0 Å². The fourth-order valence-corrected chi connectivity index (χ4v) is 2.15. The molecule has 0 aliphatic heterocycles. The minimum atomic E-state index is 0.807.